The SMILES string of the molecule is COc1cc(C)c(C)cc1S(=O)(=O)Nc1ccc(NCCN(C)C)cc1. The van der Waals surface area contributed by atoms with Crippen LogP contribution in [0.25, 0.3) is 0 Å². The Morgan fingerprint density at radius 1 is 1.00 bits per heavy atom. The van der Waals surface area contributed by atoms with Gasteiger partial charge >= 0.3 is 0 Å². The maximum atomic E-state index is 12.8. The number of hydrogen-bond donors (Lipinski definition) is 2. The summed E-state index contributed by atoms with van der Waals surface area (Å²) >= 11 is 0. The maximum Gasteiger partial charge on any atom is 0.265 e. The summed E-state index contributed by atoms with van der Waals surface area (Å²) in [5, 5.41) is 3.29. The molecule has 6 nitrogen and oxygen atoms in total. The molecule has 0 radical (unpaired) electrons. The van der Waals surface area contributed by atoms with E-state index in [0.29, 0.717) is 11.4 Å². The average Bonchev–Trinajstić information content (AvgIpc) is 2.57. The number of rotatable bonds is 8. The Morgan fingerprint density at radius 2 is 1.58 bits per heavy atom. The first-order valence-electron chi connectivity index (χ1n) is 8.39. The second-order valence-corrected chi connectivity index (χ2v) is 8.15. The number of sulfonamides is 1. The summed E-state index contributed by atoms with van der Waals surface area (Å²) in [6.45, 7) is 5.53. The molecule has 2 N–H and O–H groups in total. The third kappa shape index (κ3) is 5.12. The van der Waals surface area contributed by atoms with Crippen LogP contribution in [0, 0.1) is 13.8 Å². The summed E-state index contributed by atoms with van der Waals surface area (Å²) in [5.74, 6) is 0.336. The fraction of sp³-hybridized carbons (Fsp3) is 0.368. The summed E-state index contributed by atoms with van der Waals surface area (Å²) in [5.41, 5.74) is 3.32. The molecule has 0 bridgehead atoms. The molecule has 0 aliphatic carbocycles. The Balaban J connectivity index is 2.16. The van der Waals surface area contributed by atoms with Gasteiger partial charge in [0.1, 0.15) is 10.6 Å². The van der Waals surface area contributed by atoms with Gasteiger partial charge in [0.15, 0.2) is 0 Å². The molecule has 0 amide bonds. The lowest BCUT2D eigenvalue weighted by atomic mass is 10.1. The Labute approximate surface area is 156 Å². The Hall–Kier alpha value is -2.25. The van der Waals surface area contributed by atoms with E-state index >= 15 is 0 Å². The number of ether oxygens (including phenoxy) is 1. The van der Waals surface area contributed by atoms with E-state index in [4.69, 9.17) is 4.74 Å². The molecule has 0 saturated heterocycles. The van der Waals surface area contributed by atoms with Crippen LogP contribution < -0.4 is 14.8 Å². The highest BCUT2D eigenvalue weighted by Gasteiger charge is 2.20. The fourth-order valence-corrected chi connectivity index (χ4v) is 3.72. The number of benzene rings is 2. The van der Waals surface area contributed by atoms with Crippen LogP contribution in [0.3, 0.4) is 0 Å². The number of likely N-dealkylation sites (N-methyl/N-ethyl adjacent to an activating group) is 1. The zero-order valence-corrected chi connectivity index (χ0v) is 16.8. The highest BCUT2D eigenvalue weighted by atomic mass is 32.2. The quantitative estimate of drug-likeness (QED) is 0.740. The Kier molecular flexibility index (Phi) is 6.50. The molecule has 0 spiro atoms. The van der Waals surface area contributed by atoms with Crippen LogP contribution in [0.5, 0.6) is 5.75 Å². The number of aryl methyl sites for hydroxylation is 2. The lowest BCUT2D eigenvalue weighted by Gasteiger charge is -2.14. The first-order chi connectivity index (χ1) is 12.2. The van der Waals surface area contributed by atoms with E-state index in [0.717, 1.165) is 29.9 Å². The zero-order valence-electron chi connectivity index (χ0n) is 16.0. The van der Waals surface area contributed by atoms with Gasteiger partial charge in [0.05, 0.1) is 7.11 Å². The summed E-state index contributed by atoms with van der Waals surface area (Å²) in [4.78, 5) is 2.23. The molecule has 2 aromatic carbocycles. The Bertz CT molecular complexity index is 847. The van der Waals surface area contributed by atoms with Crippen molar-refractivity contribution in [3.8, 4) is 5.75 Å². The molecule has 26 heavy (non-hydrogen) atoms. The van der Waals surface area contributed by atoms with Crippen LogP contribution in [0.4, 0.5) is 11.4 Å². The molecular weight excluding hydrogens is 350 g/mol. The third-order valence-corrected chi connectivity index (χ3v) is 5.50. The van der Waals surface area contributed by atoms with Crippen molar-refractivity contribution in [2.75, 3.05) is 44.3 Å². The van der Waals surface area contributed by atoms with Gasteiger partial charge in [-0.15, -0.1) is 0 Å². The molecule has 2 rings (SSSR count). The van der Waals surface area contributed by atoms with Gasteiger partial charge in [-0.25, -0.2) is 8.42 Å². The number of anilines is 2. The van der Waals surface area contributed by atoms with Crippen molar-refractivity contribution in [2.45, 2.75) is 18.7 Å². The summed E-state index contributed by atoms with van der Waals surface area (Å²) in [6, 6.07) is 10.6. The number of nitrogens with one attached hydrogen (secondary N) is 2. The zero-order chi connectivity index (χ0) is 19.3. The number of methoxy groups -OCH3 is 1. The van der Waals surface area contributed by atoms with Gasteiger partial charge in [0.2, 0.25) is 0 Å². The van der Waals surface area contributed by atoms with E-state index in [-0.39, 0.29) is 4.90 Å². The van der Waals surface area contributed by atoms with E-state index in [1.165, 1.54) is 7.11 Å². The maximum absolute atomic E-state index is 12.8. The highest BCUT2D eigenvalue weighted by molar-refractivity contribution is 7.92. The van der Waals surface area contributed by atoms with Crippen LogP contribution in [-0.4, -0.2) is 47.6 Å². The van der Waals surface area contributed by atoms with E-state index in [1.54, 1.807) is 24.3 Å². The minimum absolute atomic E-state index is 0.135. The van der Waals surface area contributed by atoms with Crippen molar-refractivity contribution in [3.05, 3.63) is 47.5 Å². The normalized spacial score (nSPS) is 11.5. The van der Waals surface area contributed by atoms with E-state index in [1.807, 2.05) is 40.1 Å². The van der Waals surface area contributed by atoms with Gasteiger partial charge in [-0.3, -0.25) is 4.72 Å². The topological polar surface area (TPSA) is 70.7 Å². The van der Waals surface area contributed by atoms with Crippen LogP contribution in [0.2, 0.25) is 0 Å². The molecule has 0 saturated carbocycles. The van der Waals surface area contributed by atoms with Gasteiger partial charge in [-0.2, -0.15) is 0 Å². The van der Waals surface area contributed by atoms with Crippen LogP contribution in [-0.2, 0) is 10.0 Å². The molecule has 0 fully saturated rings. The molecule has 0 aromatic heterocycles. The fourth-order valence-electron chi connectivity index (χ4n) is 2.42. The minimum Gasteiger partial charge on any atom is -0.495 e. The summed E-state index contributed by atoms with van der Waals surface area (Å²) < 4.78 is 33.4. The van der Waals surface area contributed by atoms with E-state index in [2.05, 4.69) is 14.9 Å². The van der Waals surface area contributed by atoms with Crippen molar-refractivity contribution in [2.24, 2.45) is 0 Å². The molecular formula is C19H27N3O3S. The van der Waals surface area contributed by atoms with Crippen LogP contribution in [0.15, 0.2) is 41.3 Å². The molecule has 7 heteroatoms. The molecule has 2 aromatic rings. The lowest BCUT2D eigenvalue weighted by molar-refractivity contribution is 0.402. The predicted octanol–water partition coefficient (Wildman–Crippen LogP) is 3.09. The third-order valence-electron chi connectivity index (χ3n) is 4.09. The summed E-state index contributed by atoms with van der Waals surface area (Å²) in [6.07, 6.45) is 0. The molecule has 0 unspecified atom stereocenters. The minimum atomic E-state index is -3.74. The average molecular weight is 378 g/mol. The number of hydrogen-bond acceptors (Lipinski definition) is 5. The van der Waals surface area contributed by atoms with Crippen molar-refractivity contribution in [1.82, 2.24) is 4.90 Å². The predicted molar refractivity (Wildman–Crippen MR) is 107 cm³/mol. The molecule has 142 valence electrons. The number of nitrogens with zero attached hydrogens (tertiary/aromatic N) is 1. The van der Waals surface area contributed by atoms with Crippen LogP contribution in [0.1, 0.15) is 11.1 Å². The summed E-state index contributed by atoms with van der Waals surface area (Å²) in [7, 11) is 1.76. The van der Waals surface area contributed by atoms with Crippen molar-refractivity contribution in [1.29, 1.82) is 0 Å². The first-order valence-corrected chi connectivity index (χ1v) is 9.88. The second-order valence-electron chi connectivity index (χ2n) is 6.50. The largest absolute Gasteiger partial charge is 0.495 e. The molecule has 0 aliphatic rings. The van der Waals surface area contributed by atoms with Crippen molar-refractivity contribution >= 4 is 21.4 Å². The van der Waals surface area contributed by atoms with Gasteiger partial charge in [-0.1, -0.05) is 0 Å². The van der Waals surface area contributed by atoms with E-state index in [9.17, 15) is 8.42 Å². The Morgan fingerprint density at radius 3 is 2.15 bits per heavy atom. The van der Waals surface area contributed by atoms with Gasteiger partial charge in [0.25, 0.3) is 10.0 Å². The molecule has 0 heterocycles. The van der Waals surface area contributed by atoms with Crippen molar-refractivity contribution < 1.29 is 13.2 Å². The highest BCUT2D eigenvalue weighted by Crippen LogP contribution is 2.29. The smallest absolute Gasteiger partial charge is 0.265 e. The van der Waals surface area contributed by atoms with Crippen LogP contribution >= 0.6 is 0 Å². The monoisotopic (exact) mass is 377 g/mol. The van der Waals surface area contributed by atoms with Gasteiger partial charge in [0, 0.05) is 24.5 Å². The van der Waals surface area contributed by atoms with Gasteiger partial charge < -0.3 is 15.0 Å². The molecule has 0 aliphatic heterocycles. The first kappa shape index (κ1) is 20.1. The van der Waals surface area contributed by atoms with Gasteiger partial charge in [-0.05, 0) is 75.5 Å². The standard InChI is InChI=1S/C19H27N3O3S/c1-14-12-18(25-5)19(13-15(14)2)26(23,24)21-17-8-6-16(7-9-17)20-10-11-22(3)4/h6-9,12-13,20-21H,10-11H2,1-5H3. The lowest BCUT2D eigenvalue weighted by Crippen LogP contribution is -2.20. The van der Waals surface area contributed by atoms with Crippen molar-refractivity contribution in [3.63, 3.8) is 0 Å². The molecule has 0 atom stereocenters. The van der Waals surface area contributed by atoms with E-state index < -0.39 is 10.0 Å². The second kappa shape index (κ2) is 8.42.